The molecule has 0 aromatic heterocycles. The van der Waals surface area contributed by atoms with E-state index in [0.29, 0.717) is 13.0 Å². The molecule has 1 amide bonds. The lowest BCUT2D eigenvalue weighted by atomic mass is 9.88. The predicted molar refractivity (Wildman–Crippen MR) is 108 cm³/mol. The topological polar surface area (TPSA) is 137 Å². The van der Waals surface area contributed by atoms with Crippen molar-refractivity contribution in [3.8, 4) is 5.75 Å². The second-order valence-corrected chi connectivity index (χ2v) is 9.57. The first-order chi connectivity index (χ1) is 14.2. The fraction of sp³-hybridized carbons (Fsp3) is 0.632. The lowest BCUT2D eigenvalue weighted by Crippen LogP contribution is -2.47. The molecule has 2 fully saturated rings. The average Bonchev–Trinajstić information content (AvgIpc) is 3.13. The Morgan fingerprint density at radius 2 is 2.17 bits per heavy atom. The van der Waals surface area contributed by atoms with Crippen molar-refractivity contribution in [2.24, 2.45) is 0 Å². The van der Waals surface area contributed by atoms with Crippen molar-refractivity contribution in [2.75, 3.05) is 39.9 Å². The molecule has 11 heteroatoms. The normalized spacial score (nSPS) is 22.0. The number of benzene rings is 1. The van der Waals surface area contributed by atoms with Gasteiger partial charge in [-0.25, -0.2) is 17.9 Å². The molecule has 2 heterocycles. The maximum absolute atomic E-state index is 11.9. The molecule has 0 saturated carbocycles. The van der Waals surface area contributed by atoms with Gasteiger partial charge in [-0.05, 0) is 51.5 Å². The number of hydrogen-bond acceptors (Lipinski definition) is 7. The van der Waals surface area contributed by atoms with Crippen molar-refractivity contribution in [1.29, 1.82) is 0 Å². The minimum atomic E-state index is -3.61. The Hall–Kier alpha value is -1.92. The van der Waals surface area contributed by atoms with Crippen LogP contribution in [0, 0.1) is 0 Å². The van der Waals surface area contributed by atoms with Crippen LogP contribution >= 0.6 is 0 Å². The molecule has 0 unspecified atom stereocenters. The number of sulfonamides is 1. The summed E-state index contributed by atoms with van der Waals surface area (Å²) in [6.45, 7) is 1.71. The van der Waals surface area contributed by atoms with E-state index in [1.54, 1.807) is 6.07 Å². The molecule has 4 N–H and O–H groups in total. The van der Waals surface area contributed by atoms with Crippen molar-refractivity contribution >= 4 is 16.1 Å². The zero-order valence-electron chi connectivity index (χ0n) is 16.9. The largest absolute Gasteiger partial charge is 0.491 e. The zero-order valence-corrected chi connectivity index (χ0v) is 17.7. The molecule has 10 nitrogen and oxygen atoms in total. The summed E-state index contributed by atoms with van der Waals surface area (Å²) >= 11 is 0. The highest BCUT2D eigenvalue weighted by Crippen LogP contribution is 2.36. The van der Waals surface area contributed by atoms with E-state index >= 15 is 0 Å². The number of amides is 1. The molecule has 1 aromatic carbocycles. The van der Waals surface area contributed by atoms with Gasteiger partial charge < -0.3 is 29.9 Å². The van der Waals surface area contributed by atoms with E-state index in [0.717, 1.165) is 25.9 Å². The van der Waals surface area contributed by atoms with Gasteiger partial charge in [-0.1, -0.05) is 6.07 Å². The molecular formula is C19H29N3O7S. The zero-order chi connectivity index (χ0) is 21.8. The third-order valence-corrected chi connectivity index (χ3v) is 7.04. The van der Waals surface area contributed by atoms with Gasteiger partial charge in [-0.15, -0.1) is 0 Å². The molecule has 2 aliphatic heterocycles. The highest BCUT2D eigenvalue weighted by Gasteiger charge is 2.44. The van der Waals surface area contributed by atoms with Crippen LogP contribution in [0.4, 0.5) is 4.79 Å². The van der Waals surface area contributed by atoms with E-state index in [2.05, 4.69) is 10.0 Å². The lowest BCUT2D eigenvalue weighted by molar-refractivity contribution is -0.0205. The number of piperidine rings is 1. The van der Waals surface area contributed by atoms with E-state index < -0.39 is 22.2 Å². The van der Waals surface area contributed by atoms with Crippen molar-refractivity contribution in [1.82, 2.24) is 14.9 Å². The number of aliphatic hydroxyl groups excluding tert-OH is 1. The molecule has 1 aromatic rings. The number of carboxylic acid groups (broad SMARTS) is 1. The van der Waals surface area contributed by atoms with Crippen LogP contribution < -0.4 is 14.8 Å². The van der Waals surface area contributed by atoms with Crippen LogP contribution in [0.2, 0.25) is 0 Å². The Labute approximate surface area is 176 Å². The molecule has 0 aliphatic carbocycles. The summed E-state index contributed by atoms with van der Waals surface area (Å²) in [5.74, 6) is 0.269. The van der Waals surface area contributed by atoms with E-state index in [9.17, 15) is 23.4 Å². The summed E-state index contributed by atoms with van der Waals surface area (Å²) in [6.07, 6.45) is 0.104. The predicted octanol–water partition coefficient (Wildman–Crippen LogP) is 0.226. The Morgan fingerprint density at radius 1 is 1.43 bits per heavy atom. The van der Waals surface area contributed by atoms with Gasteiger partial charge >= 0.3 is 6.09 Å². The number of carbonyl (C=O) groups is 1. The highest BCUT2D eigenvalue weighted by molar-refractivity contribution is 7.89. The number of rotatable bonds is 8. The lowest BCUT2D eigenvalue weighted by Gasteiger charge is -2.34. The number of aliphatic hydroxyl groups is 1. The molecule has 0 radical (unpaired) electrons. The van der Waals surface area contributed by atoms with Crippen molar-refractivity contribution < 1.29 is 32.9 Å². The molecule has 2 aliphatic rings. The first-order valence-corrected chi connectivity index (χ1v) is 11.4. The summed E-state index contributed by atoms with van der Waals surface area (Å²) < 4.78 is 37.5. The number of ether oxygens (including phenoxy) is 2. The highest BCUT2D eigenvalue weighted by atomic mass is 32.2. The van der Waals surface area contributed by atoms with Crippen LogP contribution in [0.1, 0.15) is 19.3 Å². The third kappa shape index (κ3) is 5.41. The van der Waals surface area contributed by atoms with Gasteiger partial charge in [-0.3, -0.25) is 0 Å². The summed E-state index contributed by atoms with van der Waals surface area (Å²) in [4.78, 5) is 13.0. The van der Waals surface area contributed by atoms with Crippen LogP contribution in [0.5, 0.6) is 5.75 Å². The SMILES string of the molecule is CNS(=O)(=O)c1cccc(OC[C@@H](O)CN(C(=O)O)[C@H]2COC3(CCNCC3)C2)c1. The van der Waals surface area contributed by atoms with Crippen molar-refractivity contribution in [3.63, 3.8) is 0 Å². The Bertz CT molecular complexity index is 842. The average molecular weight is 444 g/mol. The fourth-order valence-corrected chi connectivity index (χ4v) is 4.72. The molecular weight excluding hydrogens is 414 g/mol. The second kappa shape index (κ2) is 9.48. The van der Waals surface area contributed by atoms with Gasteiger partial charge in [0.25, 0.3) is 0 Å². The van der Waals surface area contributed by atoms with E-state index in [4.69, 9.17) is 9.47 Å². The van der Waals surface area contributed by atoms with E-state index in [1.807, 2.05) is 0 Å². The first kappa shape index (κ1) is 22.8. The molecule has 30 heavy (non-hydrogen) atoms. The van der Waals surface area contributed by atoms with Crippen LogP contribution in [0.3, 0.4) is 0 Å². The molecule has 2 atom stereocenters. The third-order valence-electron chi connectivity index (χ3n) is 5.63. The number of nitrogens with one attached hydrogen (secondary N) is 2. The van der Waals surface area contributed by atoms with Crippen LogP contribution in [-0.4, -0.2) is 87.3 Å². The van der Waals surface area contributed by atoms with Gasteiger partial charge in [-0.2, -0.15) is 0 Å². The minimum Gasteiger partial charge on any atom is -0.491 e. The maximum atomic E-state index is 11.9. The molecule has 1 spiro atoms. The van der Waals surface area contributed by atoms with Crippen LogP contribution in [0.15, 0.2) is 29.2 Å². The minimum absolute atomic E-state index is 0.0412. The van der Waals surface area contributed by atoms with Gasteiger partial charge in [0.15, 0.2) is 0 Å². The van der Waals surface area contributed by atoms with Gasteiger partial charge in [0, 0.05) is 6.07 Å². The Balaban J connectivity index is 1.57. The quantitative estimate of drug-likeness (QED) is 0.448. The maximum Gasteiger partial charge on any atom is 0.407 e. The molecule has 3 rings (SSSR count). The standard InChI is InChI=1S/C19H29N3O7S/c1-20-30(26,27)17-4-2-3-16(9-17)28-13-15(23)11-22(18(24)25)14-10-19(29-12-14)5-7-21-8-6-19/h2-4,9,14-15,20-21,23H,5-8,10-13H2,1H3,(H,24,25)/t14-,15+/m1/s1. The summed E-state index contributed by atoms with van der Waals surface area (Å²) in [7, 11) is -2.30. The monoisotopic (exact) mass is 443 g/mol. The summed E-state index contributed by atoms with van der Waals surface area (Å²) in [5.41, 5.74) is -0.287. The number of hydrogen-bond donors (Lipinski definition) is 4. The second-order valence-electron chi connectivity index (χ2n) is 7.68. The van der Waals surface area contributed by atoms with Crippen LogP contribution in [-0.2, 0) is 14.8 Å². The Kier molecular flexibility index (Phi) is 7.19. The van der Waals surface area contributed by atoms with E-state index in [1.165, 1.54) is 30.1 Å². The first-order valence-electron chi connectivity index (χ1n) is 9.93. The van der Waals surface area contributed by atoms with Crippen molar-refractivity contribution in [3.05, 3.63) is 24.3 Å². The summed E-state index contributed by atoms with van der Waals surface area (Å²) in [6, 6.07) is 5.56. The van der Waals surface area contributed by atoms with E-state index in [-0.39, 0.29) is 35.4 Å². The summed E-state index contributed by atoms with van der Waals surface area (Å²) in [5, 5.41) is 23.3. The molecule has 168 valence electrons. The number of nitrogens with zero attached hydrogens (tertiary/aromatic N) is 1. The van der Waals surface area contributed by atoms with Gasteiger partial charge in [0.2, 0.25) is 10.0 Å². The van der Waals surface area contributed by atoms with Gasteiger partial charge in [0.05, 0.1) is 29.7 Å². The van der Waals surface area contributed by atoms with Crippen LogP contribution in [0.25, 0.3) is 0 Å². The fourth-order valence-electron chi connectivity index (χ4n) is 3.96. The smallest absolute Gasteiger partial charge is 0.407 e. The Morgan fingerprint density at radius 3 is 2.83 bits per heavy atom. The molecule has 2 saturated heterocycles. The van der Waals surface area contributed by atoms with Gasteiger partial charge in [0.1, 0.15) is 18.5 Å². The molecule has 0 bridgehead atoms. The van der Waals surface area contributed by atoms with Crippen molar-refractivity contribution in [2.45, 2.75) is 41.9 Å².